The van der Waals surface area contributed by atoms with Gasteiger partial charge in [-0.05, 0) is 6.92 Å². The van der Waals surface area contributed by atoms with Crippen LogP contribution in [0, 0.1) is 6.92 Å². The largest absolute Gasteiger partial charge is 0.477 e. The van der Waals surface area contributed by atoms with Gasteiger partial charge in [0.2, 0.25) is 5.89 Å². The average molecular weight is 250 g/mol. The van der Waals surface area contributed by atoms with E-state index < -0.39 is 5.97 Å². The smallest absolute Gasteiger partial charge is 0.354 e. The molecule has 0 aliphatic rings. The van der Waals surface area contributed by atoms with Gasteiger partial charge in [-0.25, -0.2) is 9.78 Å². The molecule has 2 aromatic heterocycles. The van der Waals surface area contributed by atoms with Crippen LogP contribution in [-0.4, -0.2) is 30.8 Å². The Labute approximate surface area is 103 Å². The quantitative estimate of drug-likeness (QED) is 0.882. The van der Waals surface area contributed by atoms with Gasteiger partial charge in [0.15, 0.2) is 5.82 Å². The summed E-state index contributed by atoms with van der Waals surface area (Å²) in [5.41, 5.74) is 0.114. The maximum atomic E-state index is 11.0. The Morgan fingerprint density at radius 2 is 2.28 bits per heavy atom. The molecule has 0 aliphatic heterocycles. The third-order valence-electron chi connectivity index (χ3n) is 2.55. The van der Waals surface area contributed by atoms with Gasteiger partial charge in [-0.15, -0.1) is 0 Å². The van der Waals surface area contributed by atoms with E-state index in [1.54, 1.807) is 6.92 Å². The Hall–Kier alpha value is -2.18. The summed E-state index contributed by atoms with van der Waals surface area (Å²) >= 11 is 0. The van der Waals surface area contributed by atoms with Crippen molar-refractivity contribution in [3.05, 3.63) is 29.4 Å². The summed E-state index contributed by atoms with van der Waals surface area (Å²) in [6.07, 6.45) is 1.32. The highest BCUT2D eigenvalue weighted by Gasteiger charge is 2.16. The SMILES string of the molecule is Cc1ncc(C(=O)O)n1Cc1noc(C(C)C)n1. The number of imidazole rings is 1. The van der Waals surface area contributed by atoms with Crippen molar-refractivity contribution in [2.75, 3.05) is 0 Å². The van der Waals surface area contributed by atoms with Crippen LogP contribution in [0.4, 0.5) is 0 Å². The lowest BCUT2D eigenvalue weighted by molar-refractivity contribution is 0.0685. The van der Waals surface area contributed by atoms with Crippen LogP contribution in [-0.2, 0) is 6.54 Å². The van der Waals surface area contributed by atoms with Gasteiger partial charge in [-0.1, -0.05) is 19.0 Å². The summed E-state index contributed by atoms with van der Waals surface area (Å²) in [5, 5.41) is 12.9. The molecule has 2 rings (SSSR count). The van der Waals surface area contributed by atoms with Crippen LogP contribution in [0.2, 0.25) is 0 Å². The molecule has 0 aromatic carbocycles. The normalized spacial score (nSPS) is 11.1. The molecule has 0 spiro atoms. The van der Waals surface area contributed by atoms with Crippen LogP contribution in [0.3, 0.4) is 0 Å². The second kappa shape index (κ2) is 4.59. The molecule has 0 saturated heterocycles. The molecular formula is C11H14N4O3. The Morgan fingerprint density at radius 3 is 2.83 bits per heavy atom. The van der Waals surface area contributed by atoms with Crippen molar-refractivity contribution in [1.82, 2.24) is 19.7 Å². The van der Waals surface area contributed by atoms with E-state index in [0.717, 1.165) is 0 Å². The minimum Gasteiger partial charge on any atom is -0.477 e. The predicted molar refractivity (Wildman–Crippen MR) is 61.4 cm³/mol. The number of carboxylic acids is 1. The van der Waals surface area contributed by atoms with E-state index in [-0.39, 0.29) is 18.2 Å². The van der Waals surface area contributed by atoms with Crippen molar-refractivity contribution < 1.29 is 14.4 Å². The number of aromatic carboxylic acids is 1. The fourth-order valence-corrected chi connectivity index (χ4v) is 1.55. The van der Waals surface area contributed by atoms with Gasteiger partial charge in [-0.2, -0.15) is 4.98 Å². The van der Waals surface area contributed by atoms with Crippen LogP contribution in [0.15, 0.2) is 10.7 Å². The van der Waals surface area contributed by atoms with Crippen LogP contribution in [0.5, 0.6) is 0 Å². The molecule has 0 aliphatic carbocycles. The van der Waals surface area contributed by atoms with Gasteiger partial charge in [0.05, 0.1) is 12.7 Å². The lowest BCUT2D eigenvalue weighted by atomic mass is 10.2. The average Bonchev–Trinajstić information content (AvgIpc) is 2.88. The molecule has 0 atom stereocenters. The number of aromatic nitrogens is 4. The zero-order valence-electron chi connectivity index (χ0n) is 10.4. The Morgan fingerprint density at radius 1 is 1.56 bits per heavy atom. The third kappa shape index (κ3) is 2.24. The topological polar surface area (TPSA) is 94.0 Å². The Bertz CT molecular complexity index is 571. The first kappa shape index (κ1) is 12.3. The molecule has 7 heteroatoms. The summed E-state index contributed by atoms with van der Waals surface area (Å²) < 4.78 is 6.61. The highest BCUT2D eigenvalue weighted by Crippen LogP contribution is 2.13. The minimum absolute atomic E-state index is 0.114. The first-order valence-electron chi connectivity index (χ1n) is 5.57. The lowest BCUT2D eigenvalue weighted by Gasteiger charge is -2.03. The molecule has 7 nitrogen and oxygen atoms in total. The van der Waals surface area contributed by atoms with Gasteiger partial charge >= 0.3 is 5.97 Å². The van der Waals surface area contributed by atoms with Crippen molar-refractivity contribution in [2.24, 2.45) is 0 Å². The molecule has 1 N–H and O–H groups in total. The first-order chi connectivity index (χ1) is 8.49. The van der Waals surface area contributed by atoms with Gasteiger partial charge in [0.25, 0.3) is 0 Å². The van der Waals surface area contributed by atoms with E-state index in [4.69, 9.17) is 9.63 Å². The van der Waals surface area contributed by atoms with E-state index in [1.807, 2.05) is 13.8 Å². The second-order valence-electron chi connectivity index (χ2n) is 4.29. The van der Waals surface area contributed by atoms with E-state index in [0.29, 0.717) is 17.5 Å². The molecule has 0 fully saturated rings. The van der Waals surface area contributed by atoms with Crippen LogP contribution >= 0.6 is 0 Å². The molecule has 2 aromatic rings. The molecule has 18 heavy (non-hydrogen) atoms. The zero-order valence-corrected chi connectivity index (χ0v) is 10.4. The highest BCUT2D eigenvalue weighted by molar-refractivity contribution is 5.85. The number of rotatable bonds is 4. The summed E-state index contributed by atoms with van der Waals surface area (Å²) in [4.78, 5) is 19.2. The fraction of sp³-hybridized carbons (Fsp3) is 0.455. The number of nitrogens with zero attached hydrogens (tertiary/aromatic N) is 4. The molecular weight excluding hydrogens is 236 g/mol. The van der Waals surface area contributed by atoms with Crippen LogP contribution in [0.25, 0.3) is 0 Å². The standard InChI is InChI=1S/C11H14N4O3/c1-6(2)10-13-9(14-18-10)5-15-7(3)12-4-8(15)11(16)17/h4,6H,5H2,1-3H3,(H,16,17). The lowest BCUT2D eigenvalue weighted by Crippen LogP contribution is -2.11. The minimum atomic E-state index is -1.02. The molecule has 0 radical (unpaired) electrons. The Kier molecular flexibility index (Phi) is 3.14. The van der Waals surface area contributed by atoms with Crippen molar-refractivity contribution in [1.29, 1.82) is 0 Å². The third-order valence-corrected chi connectivity index (χ3v) is 2.55. The van der Waals surface area contributed by atoms with Crippen molar-refractivity contribution in [3.8, 4) is 0 Å². The number of hydrogen-bond acceptors (Lipinski definition) is 5. The maximum absolute atomic E-state index is 11.0. The van der Waals surface area contributed by atoms with E-state index >= 15 is 0 Å². The molecule has 0 bridgehead atoms. The van der Waals surface area contributed by atoms with Crippen molar-refractivity contribution >= 4 is 5.97 Å². The summed E-state index contributed by atoms with van der Waals surface area (Å²) in [7, 11) is 0. The van der Waals surface area contributed by atoms with Gasteiger partial charge in [-0.3, -0.25) is 0 Å². The van der Waals surface area contributed by atoms with E-state index in [2.05, 4.69) is 15.1 Å². The van der Waals surface area contributed by atoms with Gasteiger partial charge in [0, 0.05) is 5.92 Å². The highest BCUT2D eigenvalue weighted by atomic mass is 16.5. The second-order valence-corrected chi connectivity index (χ2v) is 4.29. The zero-order chi connectivity index (χ0) is 13.3. The molecule has 0 amide bonds. The molecule has 0 unspecified atom stereocenters. The first-order valence-corrected chi connectivity index (χ1v) is 5.57. The number of carbonyl (C=O) groups is 1. The van der Waals surface area contributed by atoms with Crippen molar-refractivity contribution in [2.45, 2.75) is 33.2 Å². The predicted octanol–water partition coefficient (Wildman–Crippen LogP) is 1.44. The van der Waals surface area contributed by atoms with E-state index in [1.165, 1.54) is 10.8 Å². The van der Waals surface area contributed by atoms with Gasteiger partial charge in [0.1, 0.15) is 11.5 Å². The number of carboxylic acid groups (broad SMARTS) is 1. The molecule has 0 saturated carbocycles. The van der Waals surface area contributed by atoms with Crippen LogP contribution in [0.1, 0.15) is 47.8 Å². The summed E-state index contributed by atoms with van der Waals surface area (Å²) in [5.74, 6) is 0.711. The van der Waals surface area contributed by atoms with Crippen LogP contribution < -0.4 is 0 Å². The summed E-state index contributed by atoms with van der Waals surface area (Å²) in [6, 6.07) is 0. The monoisotopic (exact) mass is 250 g/mol. The molecule has 96 valence electrons. The Balaban J connectivity index is 2.28. The van der Waals surface area contributed by atoms with Gasteiger partial charge < -0.3 is 14.2 Å². The fourth-order valence-electron chi connectivity index (χ4n) is 1.55. The number of aryl methyl sites for hydroxylation is 1. The summed E-state index contributed by atoms with van der Waals surface area (Å²) in [6.45, 7) is 5.87. The van der Waals surface area contributed by atoms with Crippen molar-refractivity contribution in [3.63, 3.8) is 0 Å². The maximum Gasteiger partial charge on any atom is 0.354 e. The molecule has 2 heterocycles. The van der Waals surface area contributed by atoms with E-state index in [9.17, 15) is 4.79 Å². The number of hydrogen-bond donors (Lipinski definition) is 1.